The van der Waals surface area contributed by atoms with Crippen LogP contribution in [0.15, 0.2) is 6.20 Å². The number of nitrogens with one attached hydrogen (secondary N) is 2. The van der Waals surface area contributed by atoms with E-state index in [1.807, 2.05) is 0 Å². The monoisotopic (exact) mass is 379 g/mol. The summed E-state index contributed by atoms with van der Waals surface area (Å²) in [7, 11) is 1.43. The van der Waals surface area contributed by atoms with Crippen LogP contribution < -0.4 is 10.6 Å². The lowest BCUT2D eigenvalue weighted by atomic mass is 9.86. The van der Waals surface area contributed by atoms with Gasteiger partial charge >= 0.3 is 5.97 Å². The number of amides is 1. The van der Waals surface area contributed by atoms with Crippen LogP contribution in [0.3, 0.4) is 0 Å². The number of rotatable bonds is 6. The van der Waals surface area contributed by atoms with Crippen LogP contribution in [0.1, 0.15) is 59.6 Å². The van der Waals surface area contributed by atoms with Crippen molar-refractivity contribution < 1.29 is 14.3 Å². The second kappa shape index (κ2) is 9.46. The third-order valence-corrected chi connectivity index (χ3v) is 6.66. The largest absolute Gasteiger partial charge is 0.469 e. The van der Waals surface area contributed by atoms with Crippen molar-refractivity contribution in [1.29, 1.82) is 0 Å². The summed E-state index contributed by atoms with van der Waals surface area (Å²) in [5.41, 5.74) is 0. The van der Waals surface area contributed by atoms with Gasteiger partial charge in [0.25, 0.3) is 5.91 Å². The molecular weight excluding hydrogens is 350 g/mol. The van der Waals surface area contributed by atoms with E-state index in [0.717, 1.165) is 62.5 Å². The Bertz CT molecular complexity index is 605. The molecular formula is C19H29N3O3S. The maximum absolute atomic E-state index is 12.5. The van der Waals surface area contributed by atoms with Crippen molar-refractivity contribution in [2.45, 2.75) is 57.4 Å². The molecule has 1 aromatic rings. The molecule has 6 nitrogen and oxygen atoms in total. The first-order chi connectivity index (χ1) is 12.7. The molecule has 1 amide bonds. The van der Waals surface area contributed by atoms with Gasteiger partial charge in [-0.05, 0) is 70.4 Å². The zero-order valence-corrected chi connectivity index (χ0v) is 16.3. The van der Waals surface area contributed by atoms with Crippen molar-refractivity contribution in [3.8, 4) is 0 Å². The minimum atomic E-state index is -0.129. The summed E-state index contributed by atoms with van der Waals surface area (Å²) in [6.45, 7) is 2.24. The molecule has 0 atom stereocenters. The minimum absolute atomic E-state index is 0.0156. The van der Waals surface area contributed by atoms with Gasteiger partial charge in [-0.2, -0.15) is 0 Å². The molecule has 1 aliphatic carbocycles. The topological polar surface area (TPSA) is 80.3 Å². The molecule has 0 unspecified atom stereocenters. The standard InChI is InChI=1S/C19H29N3O3S/c1-25-19(24)14-3-5-15(6-4-14)22-18(23)16-12-21-17(26-16)7-2-13-8-10-20-11-9-13/h12-15,20H,2-11H2,1H3,(H,22,23)/t14-,15-. The summed E-state index contributed by atoms with van der Waals surface area (Å²) in [4.78, 5) is 29.2. The zero-order chi connectivity index (χ0) is 18.4. The van der Waals surface area contributed by atoms with E-state index >= 15 is 0 Å². The van der Waals surface area contributed by atoms with E-state index < -0.39 is 0 Å². The van der Waals surface area contributed by atoms with Crippen molar-refractivity contribution in [3.63, 3.8) is 0 Å². The van der Waals surface area contributed by atoms with Crippen LogP contribution in [-0.4, -0.2) is 43.1 Å². The van der Waals surface area contributed by atoms with Gasteiger partial charge in [-0.1, -0.05) is 0 Å². The predicted octanol–water partition coefficient (Wildman–Crippen LogP) is 2.54. The highest BCUT2D eigenvalue weighted by atomic mass is 32.1. The fourth-order valence-electron chi connectivity index (χ4n) is 3.93. The van der Waals surface area contributed by atoms with Gasteiger partial charge < -0.3 is 15.4 Å². The van der Waals surface area contributed by atoms with Crippen LogP contribution in [0.4, 0.5) is 0 Å². The number of piperidine rings is 1. The minimum Gasteiger partial charge on any atom is -0.469 e. The molecule has 2 fully saturated rings. The lowest BCUT2D eigenvalue weighted by Crippen LogP contribution is -2.38. The van der Waals surface area contributed by atoms with Gasteiger partial charge in [-0.15, -0.1) is 11.3 Å². The Kier molecular flexibility index (Phi) is 7.02. The highest BCUT2D eigenvalue weighted by Crippen LogP contribution is 2.26. The van der Waals surface area contributed by atoms with Gasteiger partial charge in [0.2, 0.25) is 0 Å². The van der Waals surface area contributed by atoms with E-state index in [1.165, 1.54) is 31.3 Å². The SMILES string of the molecule is COC(=O)[C@H]1CC[C@H](NC(=O)c2cnc(CCC3CCNCC3)s2)CC1. The number of hydrogen-bond donors (Lipinski definition) is 2. The molecule has 0 bridgehead atoms. The molecule has 1 aromatic heterocycles. The number of carbonyl (C=O) groups excluding carboxylic acids is 2. The molecule has 26 heavy (non-hydrogen) atoms. The van der Waals surface area contributed by atoms with E-state index in [-0.39, 0.29) is 23.8 Å². The van der Waals surface area contributed by atoms with E-state index in [0.29, 0.717) is 4.88 Å². The Labute approximate surface area is 159 Å². The normalized spacial score (nSPS) is 24.2. The summed E-state index contributed by atoms with van der Waals surface area (Å²) in [6, 6.07) is 0.142. The van der Waals surface area contributed by atoms with Crippen molar-refractivity contribution in [1.82, 2.24) is 15.6 Å². The Balaban J connectivity index is 1.42. The fourth-order valence-corrected chi connectivity index (χ4v) is 4.76. The molecule has 144 valence electrons. The van der Waals surface area contributed by atoms with Crippen LogP contribution in [0.5, 0.6) is 0 Å². The Morgan fingerprint density at radius 3 is 2.65 bits per heavy atom. The quantitative estimate of drug-likeness (QED) is 0.743. The fraction of sp³-hybridized carbons (Fsp3) is 0.737. The number of methoxy groups -OCH3 is 1. The van der Waals surface area contributed by atoms with Crippen LogP contribution in [0.25, 0.3) is 0 Å². The first kappa shape index (κ1) is 19.3. The first-order valence-corrected chi connectivity index (χ1v) is 10.5. The maximum atomic E-state index is 12.5. The number of nitrogens with zero attached hydrogens (tertiary/aromatic N) is 1. The number of thiazole rings is 1. The molecule has 0 radical (unpaired) electrons. The average Bonchev–Trinajstić information content (AvgIpc) is 3.16. The highest BCUT2D eigenvalue weighted by molar-refractivity contribution is 7.13. The number of hydrogen-bond acceptors (Lipinski definition) is 6. The van der Waals surface area contributed by atoms with Crippen LogP contribution in [0.2, 0.25) is 0 Å². The molecule has 2 aliphatic rings. The van der Waals surface area contributed by atoms with Crippen LogP contribution in [-0.2, 0) is 16.0 Å². The summed E-state index contributed by atoms with van der Waals surface area (Å²) in [6.07, 6.45) is 9.53. The molecule has 7 heteroatoms. The molecule has 0 aromatic carbocycles. The Morgan fingerprint density at radius 2 is 1.96 bits per heavy atom. The second-order valence-corrected chi connectivity index (χ2v) is 8.51. The molecule has 1 saturated heterocycles. The summed E-state index contributed by atoms with van der Waals surface area (Å²) in [5.74, 6) is 0.605. The van der Waals surface area contributed by atoms with E-state index in [2.05, 4.69) is 15.6 Å². The third kappa shape index (κ3) is 5.27. The smallest absolute Gasteiger partial charge is 0.308 e. The maximum Gasteiger partial charge on any atom is 0.308 e. The van der Waals surface area contributed by atoms with Crippen molar-refractivity contribution in [3.05, 3.63) is 16.1 Å². The Morgan fingerprint density at radius 1 is 1.23 bits per heavy atom. The molecule has 2 N–H and O–H groups in total. The average molecular weight is 380 g/mol. The number of esters is 1. The predicted molar refractivity (Wildman–Crippen MR) is 101 cm³/mol. The lowest BCUT2D eigenvalue weighted by Gasteiger charge is -2.27. The third-order valence-electron chi connectivity index (χ3n) is 5.60. The van der Waals surface area contributed by atoms with E-state index in [1.54, 1.807) is 6.20 Å². The second-order valence-electron chi connectivity index (χ2n) is 7.40. The van der Waals surface area contributed by atoms with Gasteiger partial charge in [-0.25, -0.2) is 4.98 Å². The van der Waals surface area contributed by atoms with Gasteiger partial charge in [0, 0.05) is 6.04 Å². The molecule has 1 aliphatic heterocycles. The number of carbonyl (C=O) groups is 2. The molecule has 2 heterocycles. The molecule has 1 saturated carbocycles. The molecule has 3 rings (SSSR count). The Hall–Kier alpha value is -1.47. The molecule has 0 spiro atoms. The van der Waals surface area contributed by atoms with Gasteiger partial charge in [-0.3, -0.25) is 9.59 Å². The zero-order valence-electron chi connectivity index (χ0n) is 15.5. The van der Waals surface area contributed by atoms with Gasteiger partial charge in [0.15, 0.2) is 0 Å². The van der Waals surface area contributed by atoms with Crippen molar-refractivity contribution in [2.75, 3.05) is 20.2 Å². The summed E-state index contributed by atoms with van der Waals surface area (Å²) in [5, 5.41) is 7.55. The van der Waals surface area contributed by atoms with Crippen molar-refractivity contribution >= 4 is 23.2 Å². The van der Waals surface area contributed by atoms with Crippen molar-refractivity contribution in [2.24, 2.45) is 11.8 Å². The number of ether oxygens (including phenoxy) is 1. The highest BCUT2D eigenvalue weighted by Gasteiger charge is 2.28. The number of aromatic nitrogens is 1. The summed E-state index contributed by atoms with van der Waals surface area (Å²) < 4.78 is 4.81. The number of aryl methyl sites for hydroxylation is 1. The summed E-state index contributed by atoms with van der Waals surface area (Å²) >= 11 is 1.51. The van der Waals surface area contributed by atoms with Gasteiger partial charge in [0.1, 0.15) is 4.88 Å². The van der Waals surface area contributed by atoms with E-state index in [9.17, 15) is 9.59 Å². The van der Waals surface area contributed by atoms with Crippen LogP contribution >= 0.6 is 11.3 Å². The lowest BCUT2D eigenvalue weighted by molar-refractivity contribution is -0.146. The van der Waals surface area contributed by atoms with Crippen LogP contribution in [0, 0.1) is 11.8 Å². The first-order valence-electron chi connectivity index (χ1n) is 9.70. The van der Waals surface area contributed by atoms with E-state index in [4.69, 9.17) is 4.74 Å². The van der Waals surface area contributed by atoms with Gasteiger partial charge in [0.05, 0.1) is 24.2 Å².